The van der Waals surface area contributed by atoms with Crippen LogP contribution in [0.25, 0.3) is 5.57 Å². The molecular weight excluding hydrogens is 264 g/mol. The van der Waals surface area contributed by atoms with Gasteiger partial charge < -0.3 is 0 Å². The summed E-state index contributed by atoms with van der Waals surface area (Å²) in [5, 5.41) is 0. The minimum atomic E-state index is 0.191. The molecule has 0 aliphatic heterocycles. The lowest BCUT2D eigenvalue weighted by Gasteiger charge is -2.31. The smallest absolute Gasteiger partial charge is 0.00957 e. The predicted molar refractivity (Wildman–Crippen MR) is 94.0 cm³/mol. The molecule has 0 aromatic heterocycles. The first kappa shape index (κ1) is 13.6. The van der Waals surface area contributed by atoms with Gasteiger partial charge in [0.15, 0.2) is 0 Å². The third-order valence-corrected chi connectivity index (χ3v) is 5.43. The fourth-order valence-corrected chi connectivity index (χ4v) is 4.16. The van der Waals surface area contributed by atoms with Crippen LogP contribution in [-0.2, 0) is 5.41 Å². The van der Waals surface area contributed by atoms with Gasteiger partial charge in [-0.3, -0.25) is 0 Å². The second-order valence-electron chi connectivity index (χ2n) is 7.21. The largest absolute Gasteiger partial charge is 0.0758 e. The van der Waals surface area contributed by atoms with E-state index in [0.29, 0.717) is 11.8 Å². The van der Waals surface area contributed by atoms with Gasteiger partial charge in [0.1, 0.15) is 0 Å². The van der Waals surface area contributed by atoms with E-state index in [-0.39, 0.29) is 5.41 Å². The van der Waals surface area contributed by atoms with Crippen molar-refractivity contribution in [2.45, 2.75) is 32.1 Å². The van der Waals surface area contributed by atoms with Gasteiger partial charge in [-0.15, -0.1) is 0 Å². The Labute approximate surface area is 133 Å². The molecule has 2 atom stereocenters. The van der Waals surface area contributed by atoms with Gasteiger partial charge in [-0.05, 0) is 40.5 Å². The molecule has 2 aromatic rings. The summed E-state index contributed by atoms with van der Waals surface area (Å²) in [6.45, 7) is 6.99. The molecule has 0 fully saturated rings. The Morgan fingerprint density at radius 1 is 0.955 bits per heavy atom. The number of rotatable bonds is 1. The molecule has 0 N–H and O–H groups in total. The molecule has 0 amide bonds. The normalized spacial score (nSPS) is 24.6. The number of benzene rings is 2. The average Bonchev–Trinajstić information content (AvgIpc) is 2.76. The van der Waals surface area contributed by atoms with Crippen LogP contribution in [0.15, 0.2) is 66.8 Å². The van der Waals surface area contributed by atoms with E-state index in [1.807, 2.05) is 0 Å². The Morgan fingerprint density at radius 3 is 2.50 bits per heavy atom. The standard InChI is InChI=1S/C22H22/c1-15-9-11-18-19-12-10-17(16-7-5-4-6-8-16)14-21(19)22(2,3)20(18)13-15/h4-14,19,21H,1-3H3. The van der Waals surface area contributed by atoms with E-state index in [4.69, 9.17) is 0 Å². The molecule has 0 heteroatoms. The van der Waals surface area contributed by atoms with Crippen LogP contribution >= 0.6 is 0 Å². The van der Waals surface area contributed by atoms with Crippen molar-refractivity contribution >= 4 is 5.57 Å². The summed E-state index contributed by atoms with van der Waals surface area (Å²) < 4.78 is 0. The molecule has 0 heterocycles. The molecule has 0 bridgehead atoms. The lowest BCUT2D eigenvalue weighted by Crippen LogP contribution is -2.25. The third kappa shape index (κ3) is 1.90. The summed E-state index contributed by atoms with van der Waals surface area (Å²) in [4.78, 5) is 0. The lowest BCUT2D eigenvalue weighted by molar-refractivity contribution is 0.395. The molecule has 2 aliphatic rings. The van der Waals surface area contributed by atoms with Crippen molar-refractivity contribution in [1.82, 2.24) is 0 Å². The molecule has 4 rings (SSSR count). The molecule has 22 heavy (non-hydrogen) atoms. The summed E-state index contributed by atoms with van der Waals surface area (Å²) in [7, 11) is 0. The Kier molecular flexibility index (Phi) is 2.91. The van der Waals surface area contributed by atoms with Gasteiger partial charge in [-0.2, -0.15) is 0 Å². The maximum absolute atomic E-state index is 2.50. The van der Waals surface area contributed by atoms with Gasteiger partial charge in [0, 0.05) is 5.92 Å². The zero-order valence-electron chi connectivity index (χ0n) is 13.5. The maximum Gasteiger partial charge on any atom is 0.00957 e. The van der Waals surface area contributed by atoms with E-state index in [1.54, 1.807) is 0 Å². The van der Waals surface area contributed by atoms with Crippen LogP contribution < -0.4 is 0 Å². The second-order valence-corrected chi connectivity index (χ2v) is 7.21. The number of hydrogen-bond donors (Lipinski definition) is 0. The highest BCUT2D eigenvalue weighted by Gasteiger charge is 2.44. The fraction of sp³-hybridized carbons (Fsp3) is 0.273. The number of allylic oxidation sites excluding steroid dienone is 4. The predicted octanol–water partition coefficient (Wildman–Crippen LogP) is 5.64. The molecule has 0 spiro atoms. The lowest BCUT2D eigenvalue weighted by atomic mass is 9.73. The summed E-state index contributed by atoms with van der Waals surface area (Å²) >= 11 is 0. The summed E-state index contributed by atoms with van der Waals surface area (Å²) in [6.07, 6.45) is 7.22. The molecule has 110 valence electrons. The van der Waals surface area contributed by atoms with E-state index in [0.717, 1.165) is 0 Å². The van der Waals surface area contributed by atoms with Crippen LogP contribution in [-0.4, -0.2) is 0 Å². The minimum absolute atomic E-state index is 0.191. The van der Waals surface area contributed by atoms with Gasteiger partial charge in [0.2, 0.25) is 0 Å². The summed E-state index contributed by atoms with van der Waals surface area (Å²) in [5.41, 5.74) is 7.27. The fourth-order valence-electron chi connectivity index (χ4n) is 4.16. The van der Waals surface area contributed by atoms with Crippen LogP contribution in [0.3, 0.4) is 0 Å². The van der Waals surface area contributed by atoms with Crippen molar-refractivity contribution < 1.29 is 0 Å². The van der Waals surface area contributed by atoms with Crippen LogP contribution in [0.5, 0.6) is 0 Å². The second kappa shape index (κ2) is 4.71. The van der Waals surface area contributed by atoms with Crippen molar-refractivity contribution in [3.63, 3.8) is 0 Å². The Balaban J connectivity index is 1.82. The molecular formula is C22H22. The van der Waals surface area contributed by atoms with Crippen LogP contribution in [0, 0.1) is 12.8 Å². The number of aryl methyl sites for hydroxylation is 1. The van der Waals surface area contributed by atoms with Gasteiger partial charge >= 0.3 is 0 Å². The molecule has 2 aliphatic carbocycles. The van der Waals surface area contributed by atoms with E-state index in [9.17, 15) is 0 Å². The zero-order chi connectivity index (χ0) is 15.3. The average molecular weight is 286 g/mol. The highest BCUT2D eigenvalue weighted by Crippen LogP contribution is 2.54. The van der Waals surface area contributed by atoms with Crippen molar-refractivity contribution in [3.8, 4) is 0 Å². The Hall–Kier alpha value is -2.08. The molecule has 0 radical (unpaired) electrons. The highest BCUT2D eigenvalue weighted by molar-refractivity contribution is 5.76. The first-order valence-electron chi connectivity index (χ1n) is 8.14. The van der Waals surface area contributed by atoms with Gasteiger partial charge in [-0.1, -0.05) is 86.2 Å². The van der Waals surface area contributed by atoms with E-state index >= 15 is 0 Å². The molecule has 0 nitrogen and oxygen atoms in total. The van der Waals surface area contributed by atoms with E-state index in [1.165, 1.54) is 27.8 Å². The first-order chi connectivity index (χ1) is 10.6. The third-order valence-electron chi connectivity index (χ3n) is 5.43. The highest BCUT2D eigenvalue weighted by atomic mass is 14.5. The summed E-state index contributed by atoms with van der Waals surface area (Å²) in [5.74, 6) is 1.07. The monoisotopic (exact) mass is 286 g/mol. The molecule has 0 saturated carbocycles. The maximum atomic E-state index is 2.50. The summed E-state index contributed by atoms with van der Waals surface area (Å²) in [6, 6.07) is 17.7. The zero-order valence-corrected chi connectivity index (χ0v) is 13.5. The molecule has 2 unspecified atom stereocenters. The Morgan fingerprint density at radius 2 is 1.73 bits per heavy atom. The number of fused-ring (bicyclic) bond motifs is 3. The molecule has 2 aromatic carbocycles. The first-order valence-corrected chi connectivity index (χ1v) is 8.14. The van der Waals surface area contributed by atoms with Gasteiger partial charge in [0.25, 0.3) is 0 Å². The topological polar surface area (TPSA) is 0 Å². The molecule has 0 saturated heterocycles. The van der Waals surface area contributed by atoms with Crippen molar-refractivity contribution in [2.75, 3.05) is 0 Å². The minimum Gasteiger partial charge on any atom is -0.0758 e. The Bertz CT molecular complexity index is 775. The van der Waals surface area contributed by atoms with E-state index in [2.05, 4.69) is 87.5 Å². The van der Waals surface area contributed by atoms with Crippen LogP contribution in [0.2, 0.25) is 0 Å². The van der Waals surface area contributed by atoms with Crippen molar-refractivity contribution in [2.24, 2.45) is 5.92 Å². The van der Waals surface area contributed by atoms with Crippen molar-refractivity contribution in [1.29, 1.82) is 0 Å². The van der Waals surface area contributed by atoms with Crippen molar-refractivity contribution in [3.05, 3.63) is 89.0 Å². The van der Waals surface area contributed by atoms with Crippen LogP contribution in [0.1, 0.15) is 42.0 Å². The van der Waals surface area contributed by atoms with Gasteiger partial charge in [-0.25, -0.2) is 0 Å². The van der Waals surface area contributed by atoms with Crippen LogP contribution in [0.4, 0.5) is 0 Å². The SMILES string of the molecule is Cc1ccc2c(c1)C(C)(C)C1C=C(c3ccccc3)C=CC21. The van der Waals surface area contributed by atoms with E-state index < -0.39 is 0 Å². The number of hydrogen-bond acceptors (Lipinski definition) is 0. The quantitative estimate of drug-likeness (QED) is 0.636. The van der Waals surface area contributed by atoms with Gasteiger partial charge in [0.05, 0.1) is 0 Å².